The van der Waals surface area contributed by atoms with Crippen molar-refractivity contribution in [2.24, 2.45) is 0 Å². The van der Waals surface area contributed by atoms with Crippen LogP contribution in [0.5, 0.6) is 0 Å². The zero-order valence-corrected chi connectivity index (χ0v) is 14.8. The maximum atomic E-state index is 5.86. The maximum Gasteiger partial charge on any atom is 0.209 e. The highest BCUT2D eigenvalue weighted by atomic mass is 16.3. The molecule has 0 unspecified atom stereocenters. The number of benzene rings is 2. The molecule has 2 aromatic carbocycles. The van der Waals surface area contributed by atoms with Crippen LogP contribution >= 0.6 is 0 Å². The summed E-state index contributed by atoms with van der Waals surface area (Å²) in [6.45, 7) is 3.95. The van der Waals surface area contributed by atoms with E-state index >= 15 is 0 Å². The Kier molecular flexibility index (Phi) is 4.70. The number of aromatic nitrogens is 1. The summed E-state index contributed by atoms with van der Waals surface area (Å²) in [5, 5.41) is 0. The van der Waals surface area contributed by atoms with Crippen LogP contribution < -0.4 is 4.90 Å². The minimum absolute atomic E-state index is 0.711. The first-order valence-electron chi connectivity index (χ1n) is 9.15. The first-order valence-corrected chi connectivity index (χ1v) is 9.15. The Hall–Kier alpha value is -2.33. The predicted octanol–water partition coefficient (Wildman–Crippen LogP) is 4.45. The molecule has 3 aromatic rings. The second kappa shape index (κ2) is 7.28. The Balaban J connectivity index is 1.47. The zero-order valence-electron chi connectivity index (χ0n) is 14.8. The number of rotatable bonds is 5. The molecule has 4 rings (SSSR count). The summed E-state index contributed by atoms with van der Waals surface area (Å²) in [6, 6.07) is 16.7. The van der Waals surface area contributed by atoms with E-state index in [0.29, 0.717) is 6.54 Å². The number of oxazole rings is 1. The van der Waals surface area contributed by atoms with Crippen molar-refractivity contribution in [2.45, 2.75) is 32.4 Å². The Bertz CT molecular complexity index is 803. The number of hydrogen-bond donors (Lipinski definition) is 0. The van der Waals surface area contributed by atoms with Crippen molar-refractivity contribution in [1.82, 2.24) is 9.88 Å². The summed E-state index contributed by atoms with van der Waals surface area (Å²) >= 11 is 0. The van der Waals surface area contributed by atoms with Gasteiger partial charge in [-0.25, -0.2) is 4.98 Å². The summed E-state index contributed by atoms with van der Waals surface area (Å²) in [6.07, 6.45) is 3.95. The van der Waals surface area contributed by atoms with Crippen LogP contribution in [0.4, 0.5) is 5.69 Å². The van der Waals surface area contributed by atoms with Gasteiger partial charge in [-0.2, -0.15) is 0 Å². The van der Waals surface area contributed by atoms with E-state index in [4.69, 9.17) is 4.42 Å². The number of piperidine rings is 1. The van der Waals surface area contributed by atoms with Gasteiger partial charge in [0.25, 0.3) is 0 Å². The van der Waals surface area contributed by atoms with E-state index in [1.165, 1.54) is 43.6 Å². The highest BCUT2D eigenvalue weighted by molar-refractivity contribution is 5.72. The van der Waals surface area contributed by atoms with E-state index < -0.39 is 0 Å². The Morgan fingerprint density at radius 2 is 1.72 bits per heavy atom. The first kappa shape index (κ1) is 16.2. The van der Waals surface area contributed by atoms with Gasteiger partial charge in [-0.05, 0) is 50.1 Å². The third kappa shape index (κ3) is 3.69. The Morgan fingerprint density at radius 1 is 0.960 bits per heavy atom. The van der Waals surface area contributed by atoms with Gasteiger partial charge in [0.05, 0.1) is 6.54 Å². The molecule has 0 amide bonds. The number of para-hydroxylation sites is 3. The van der Waals surface area contributed by atoms with E-state index in [1.807, 2.05) is 24.3 Å². The van der Waals surface area contributed by atoms with Gasteiger partial charge in [0.2, 0.25) is 5.89 Å². The molecule has 1 fully saturated rings. The normalized spacial score (nSPS) is 15.2. The minimum Gasteiger partial charge on any atom is -0.439 e. The molecule has 1 aromatic heterocycles. The second-order valence-electron chi connectivity index (χ2n) is 6.92. The first-order chi connectivity index (χ1) is 12.3. The summed E-state index contributed by atoms with van der Waals surface area (Å²) in [7, 11) is 2.13. The van der Waals surface area contributed by atoms with Crippen LogP contribution in [-0.4, -0.2) is 30.0 Å². The van der Waals surface area contributed by atoms with Crippen molar-refractivity contribution in [3.8, 4) is 0 Å². The highest BCUT2D eigenvalue weighted by Gasteiger charge is 2.16. The molecule has 0 radical (unpaired) electrons. The number of fused-ring (bicyclic) bond motifs is 1. The molecular formula is C21H25N3O. The fraction of sp³-hybridized carbons (Fsp3) is 0.381. The van der Waals surface area contributed by atoms with Gasteiger partial charge < -0.3 is 9.32 Å². The lowest BCUT2D eigenvalue weighted by Crippen LogP contribution is -2.31. The predicted molar refractivity (Wildman–Crippen MR) is 102 cm³/mol. The Labute approximate surface area is 149 Å². The largest absolute Gasteiger partial charge is 0.439 e. The molecule has 0 atom stereocenters. The molecule has 4 nitrogen and oxygen atoms in total. The second-order valence-corrected chi connectivity index (χ2v) is 6.92. The fourth-order valence-corrected chi connectivity index (χ4v) is 3.65. The van der Waals surface area contributed by atoms with Crippen LogP contribution in [0.15, 0.2) is 52.9 Å². The Morgan fingerprint density at radius 3 is 2.56 bits per heavy atom. The standard InChI is InChI=1S/C21H25N3O/c1-23(16-21-22-18-10-4-6-12-20(18)25-21)15-17-9-3-5-11-19(17)24-13-7-2-8-14-24/h3-6,9-12H,2,7-8,13-16H2,1H3. The van der Waals surface area contributed by atoms with Gasteiger partial charge in [0, 0.05) is 25.3 Å². The van der Waals surface area contributed by atoms with Crippen molar-refractivity contribution in [3.63, 3.8) is 0 Å². The molecule has 0 bridgehead atoms. The smallest absolute Gasteiger partial charge is 0.209 e. The van der Waals surface area contributed by atoms with Crippen LogP contribution in [-0.2, 0) is 13.1 Å². The van der Waals surface area contributed by atoms with Gasteiger partial charge in [-0.3, -0.25) is 4.90 Å². The summed E-state index contributed by atoms with van der Waals surface area (Å²) < 4.78 is 5.86. The van der Waals surface area contributed by atoms with Gasteiger partial charge in [0.1, 0.15) is 5.52 Å². The third-order valence-corrected chi connectivity index (χ3v) is 4.87. The lowest BCUT2D eigenvalue weighted by Gasteiger charge is -2.31. The number of hydrogen-bond acceptors (Lipinski definition) is 4. The molecule has 1 aliphatic rings. The number of nitrogens with zero attached hydrogens (tertiary/aromatic N) is 3. The lowest BCUT2D eigenvalue weighted by molar-refractivity contribution is 0.285. The number of anilines is 1. The minimum atomic E-state index is 0.711. The average Bonchev–Trinajstić information content (AvgIpc) is 3.05. The molecule has 4 heteroatoms. The lowest BCUT2D eigenvalue weighted by atomic mass is 10.1. The van der Waals surface area contributed by atoms with E-state index in [0.717, 1.165) is 23.5 Å². The van der Waals surface area contributed by atoms with Crippen LogP contribution in [0, 0.1) is 0 Å². The maximum absolute atomic E-state index is 5.86. The van der Waals surface area contributed by atoms with Crippen molar-refractivity contribution < 1.29 is 4.42 Å². The van der Waals surface area contributed by atoms with Crippen LogP contribution in [0.25, 0.3) is 11.1 Å². The molecule has 1 saturated heterocycles. The van der Waals surface area contributed by atoms with Gasteiger partial charge in [-0.15, -0.1) is 0 Å². The fourth-order valence-electron chi connectivity index (χ4n) is 3.65. The van der Waals surface area contributed by atoms with Crippen LogP contribution in [0.2, 0.25) is 0 Å². The van der Waals surface area contributed by atoms with Crippen molar-refractivity contribution >= 4 is 16.8 Å². The van der Waals surface area contributed by atoms with E-state index in [1.54, 1.807) is 0 Å². The molecular weight excluding hydrogens is 310 g/mol. The monoisotopic (exact) mass is 335 g/mol. The van der Waals surface area contributed by atoms with E-state index in [-0.39, 0.29) is 0 Å². The van der Waals surface area contributed by atoms with Crippen molar-refractivity contribution in [2.75, 3.05) is 25.0 Å². The molecule has 0 N–H and O–H groups in total. The molecule has 1 aliphatic heterocycles. The van der Waals surface area contributed by atoms with Crippen molar-refractivity contribution in [3.05, 3.63) is 60.0 Å². The molecule has 25 heavy (non-hydrogen) atoms. The molecule has 0 saturated carbocycles. The summed E-state index contributed by atoms with van der Waals surface area (Å²) in [5.74, 6) is 0.777. The summed E-state index contributed by atoms with van der Waals surface area (Å²) in [5.41, 5.74) is 4.55. The zero-order chi connectivity index (χ0) is 17.1. The molecule has 0 aliphatic carbocycles. The van der Waals surface area contributed by atoms with Gasteiger partial charge in [0.15, 0.2) is 5.58 Å². The van der Waals surface area contributed by atoms with Gasteiger partial charge >= 0.3 is 0 Å². The van der Waals surface area contributed by atoms with E-state index in [2.05, 4.69) is 46.1 Å². The summed E-state index contributed by atoms with van der Waals surface area (Å²) in [4.78, 5) is 9.39. The molecule has 130 valence electrons. The van der Waals surface area contributed by atoms with Crippen LogP contribution in [0.1, 0.15) is 30.7 Å². The van der Waals surface area contributed by atoms with Crippen molar-refractivity contribution in [1.29, 1.82) is 0 Å². The van der Waals surface area contributed by atoms with Crippen LogP contribution in [0.3, 0.4) is 0 Å². The highest BCUT2D eigenvalue weighted by Crippen LogP contribution is 2.25. The van der Waals surface area contributed by atoms with Gasteiger partial charge in [-0.1, -0.05) is 30.3 Å². The topological polar surface area (TPSA) is 32.5 Å². The SMILES string of the molecule is CN(Cc1nc2ccccc2o1)Cc1ccccc1N1CCCCC1. The molecule has 2 heterocycles. The van der Waals surface area contributed by atoms with E-state index in [9.17, 15) is 0 Å². The average molecular weight is 335 g/mol. The molecule has 0 spiro atoms. The quantitative estimate of drug-likeness (QED) is 0.689. The third-order valence-electron chi connectivity index (χ3n) is 4.87.